The number of aliphatic carboxylic acids is 6. The number of rotatable bonds is 44. The topological polar surface area (TPSA) is 546 Å². The molecule has 4 saturated heterocycles. The summed E-state index contributed by atoms with van der Waals surface area (Å²) in [5.41, 5.74) is 6.32. The number of hydrogen-bond acceptors (Lipinski definition) is 34. The van der Waals surface area contributed by atoms with E-state index in [1.807, 2.05) is 48.5 Å². The predicted octanol–water partition coefficient (Wildman–Crippen LogP) is 13.3. The van der Waals surface area contributed by atoms with Gasteiger partial charge in [-0.25, -0.2) is 28.8 Å². The van der Waals surface area contributed by atoms with Gasteiger partial charge in [-0.3, -0.25) is 19.6 Å². The number of carboxylic acids is 6. The zero-order valence-electron chi connectivity index (χ0n) is 85.3. The molecule has 4 aliphatic rings. The summed E-state index contributed by atoms with van der Waals surface area (Å²) in [6.07, 6.45) is 15.9. The molecule has 0 radical (unpaired) electrons. The molecule has 40 nitrogen and oxygen atoms in total. The van der Waals surface area contributed by atoms with Crippen molar-refractivity contribution in [2.75, 3.05) is 190 Å². The number of aliphatic hydroxyl groups excluding tert-OH is 4. The van der Waals surface area contributed by atoms with Crippen LogP contribution >= 0.6 is 0 Å². The van der Waals surface area contributed by atoms with Gasteiger partial charge in [0.2, 0.25) is 23.0 Å². The van der Waals surface area contributed by atoms with E-state index >= 15 is 0 Å². The van der Waals surface area contributed by atoms with Gasteiger partial charge in [-0.05, 0) is 226 Å². The van der Waals surface area contributed by atoms with Crippen LogP contribution in [0, 0.1) is 0 Å². The van der Waals surface area contributed by atoms with E-state index in [-0.39, 0.29) is 23.0 Å². The Kier molecular flexibility index (Phi) is 54.3. The minimum Gasteiger partial charge on any atom is -0.508 e. The number of aromatic hydroxyl groups is 4. The Hall–Kier alpha value is -13.7. The number of phenolic OH excluding ortho intramolecular Hbond substituents is 4. The molecule has 0 spiro atoms. The lowest BCUT2D eigenvalue weighted by Gasteiger charge is -2.27. The quantitative estimate of drug-likeness (QED) is 0.0158. The standard InChI is InChI=1S/4C25H35NO6.3C2H2O4/c4*1-29-21-17-22(30-2)24(31-3)25(32-16-15-26-13-5-4-6-14-26)23(21)20(28)12-9-18-7-10-19(27)11-8-18;3*3-1(4)2(5)6/h4*7-8,10-11,17,20,27-28H,4-6,9,12-16H2,1-3H3;3*(H,3,4)(H,5,6). The van der Waals surface area contributed by atoms with Crippen molar-refractivity contribution in [2.24, 2.45) is 0 Å². The number of nitrogens with zero attached hydrogens (tertiary/aromatic N) is 4. The summed E-state index contributed by atoms with van der Waals surface area (Å²) in [6, 6.07) is 34.9. The lowest BCUT2D eigenvalue weighted by atomic mass is 9.98. The summed E-state index contributed by atoms with van der Waals surface area (Å²) in [4.78, 5) is 64.2. The highest BCUT2D eigenvalue weighted by Crippen LogP contribution is 2.53. The Bertz CT molecular complexity index is 4580. The molecule has 4 atom stereocenters. The van der Waals surface area contributed by atoms with E-state index in [4.69, 9.17) is 135 Å². The van der Waals surface area contributed by atoms with Crippen LogP contribution < -0.4 is 75.8 Å². The van der Waals surface area contributed by atoms with E-state index in [9.17, 15) is 40.9 Å². The van der Waals surface area contributed by atoms with Gasteiger partial charge in [-0.1, -0.05) is 74.2 Å². The van der Waals surface area contributed by atoms with E-state index in [2.05, 4.69) is 19.6 Å². The summed E-state index contributed by atoms with van der Waals surface area (Å²) in [5.74, 6) is -2.48. The van der Waals surface area contributed by atoms with Crippen LogP contribution in [-0.2, 0) is 54.5 Å². The van der Waals surface area contributed by atoms with Gasteiger partial charge in [0.25, 0.3) is 0 Å². The average Bonchev–Trinajstić information content (AvgIpc) is 0.796. The van der Waals surface area contributed by atoms with E-state index < -0.39 is 60.2 Å². The van der Waals surface area contributed by atoms with Crippen LogP contribution in [0.15, 0.2) is 121 Å². The Morgan fingerprint density at radius 3 is 0.527 bits per heavy atom. The molecular formula is C106H146N4O36. The molecule has 4 heterocycles. The number of carbonyl (C=O) groups is 6. The Labute approximate surface area is 851 Å². The van der Waals surface area contributed by atoms with Crippen LogP contribution in [-0.4, -0.2) is 317 Å². The van der Waals surface area contributed by atoms with E-state index in [0.29, 0.717) is 192 Å². The average molecular weight is 2050 g/mol. The van der Waals surface area contributed by atoms with Gasteiger partial charge in [-0.2, -0.15) is 0 Å². The molecule has 0 saturated carbocycles. The number of aryl methyl sites for hydroxylation is 4. The highest BCUT2D eigenvalue weighted by atomic mass is 16.6. The van der Waals surface area contributed by atoms with Crippen molar-refractivity contribution < 1.29 is 176 Å². The van der Waals surface area contributed by atoms with Gasteiger partial charge in [0.15, 0.2) is 46.0 Å². The first-order valence-electron chi connectivity index (χ1n) is 48.2. The van der Waals surface area contributed by atoms with Crippen LogP contribution in [0.3, 0.4) is 0 Å². The number of hydrogen-bond donors (Lipinski definition) is 14. The number of benzene rings is 8. The Balaban J connectivity index is 0.000000280. The van der Waals surface area contributed by atoms with Gasteiger partial charge < -0.3 is 147 Å². The molecule has 12 rings (SSSR count). The first-order chi connectivity index (χ1) is 70.2. The summed E-state index contributed by atoms with van der Waals surface area (Å²) >= 11 is 0. The lowest BCUT2D eigenvalue weighted by Crippen LogP contribution is -2.33. The molecule has 14 N–H and O–H groups in total. The fraction of sp³-hybridized carbons (Fsp3) is 0.491. The zero-order chi connectivity index (χ0) is 107. The molecule has 8 aromatic rings. The molecule has 806 valence electrons. The molecule has 0 bridgehead atoms. The largest absolute Gasteiger partial charge is 0.508 e. The van der Waals surface area contributed by atoms with Crippen molar-refractivity contribution >= 4 is 35.8 Å². The van der Waals surface area contributed by atoms with Gasteiger partial charge in [0.1, 0.15) is 72.4 Å². The van der Waals surface area contributed by atoms with Crippen molar-refractivity contribution in [3.63, 3.8) is 0 Å². The zero-order valence-corrected chi connectivity index (χ0v) is 85.3. The van der Waals surface area contributed by atoms with E-state index in [0.717, 1.165) is 101 Å². The highest BCUT2D eigenvalue weighted by Gasteiger charge is 2.34. The maximum Gasteiger partial charge on any atom is 0.414 e. The minimum absolute atomic E-state index is 0.222. The molecular weight excluding hydrogens is 1910 g/mol. The normalized spacial score (nSPS) is 14.3. The second kappa shape index (κ2) is 65.6. The van der Waals surface area contributed by atoms with Gasteiger partial charge in [0, 0.05) is 50.4 Å². The second-order valence-electron chi connectivity index (χ2n) is 33.9. The van der Waals surface area contributed by atoms with Crippen LogP contribution in [0.5, 0.6) is 115 Å². The molecule has 0 aromatic heterocycles. The smallest absolute Gasteiger partial charge is 0.414 e. The summed E-state index contributed by atoms with van der Waals surface area (Å²) in [7, 11) is 18.8. The maximum atomic E-state index is 11.1. The third kappa shape index (κ3) is 39.7. The maximum absolute atomic E-state index is 11.1. The fourth-order valence-electron chi connectivity index (χ4n) is 16.6. The first kappa shape index (κ1) is 121. The molecule has 4 fully saturated rings. The number of piperidine rings is 4. The van der Waals surface area contributed by atoms with Crippen LogP contribution in [0.25, 0.3) is 0 Å². The molecule has 0 amide bonds. The number of phenols is 4. The molecule has 0 aliphatic carbocycles. The summed E-state index contributed by atoms with van der Waals surface area (Å²) in [5, 5.41) is 127. The molecule has 4 unspecified atom stereocenters. The monoisotopic (exact) mass is 2050 g/mol. The molecule has 4 aliphatic heterocycles. The van der Waals surface area contributed by atoms with Gasteiger partial charge in [-0.15, -0.1) is 0 Å². The molecule has 8 aromatic carbocycles. The number of carboxylic acid groups (broad SMARTS) is 6. The number of aliphatic hydroxyl groups is 4. The van der Waals surface area contributed by atoms with Crippen LogP contribution in [0.4, 0.5) is 0 Å². The second-order valence-corrected chi connectivity index (χ2v) is 33.9. The lowest BCUT2D eigenvalue weighted by molar-refractivity contribution is -0.159. The van der Waals surface area contributed by atoms with Crippen LogP contribution in [0.1, 0.15) is 172 Å². The van der Waals surface area contributed by atoms with E-state index in [1.165, 1.54) is 77.0 Å². The fourth-order valence-corrected chi connectivity index (χ4v) is 16.6. The van der Waals surface area contributed by atoms with Gasteiger partial charge in [0.05, 0.1) is 132 Å². The molecule has 40 heteroatoms. The van der Waals surface area contributed by atoms with E-state index in [1.54, 1.807) is 158 Å². The third-order valence-electron chi connectivity index (χ3n) is 24.2. The van der Waals surface area contributed by atoms with Crippen molar-refractivity contribution in [2.45, 2.75) is 153 Å². The van der Waals surface area contributed by atoms with Crippen molar-refractivity contribution in [3.8, 4) is 115 Å². The Morgan fingerprint density at radius 2 is 0.390 bits per heavy atom. The molecule has 146 heavy (non-hydrogen) atoms. The highest BCUT2D eigenvalue weighted by molar-refractivity contribution is 6.28. The number of likely N-dealkylation sites (tertiary alicyclic amines) is 4. The van der Waals surface area contributed by atoms with Crippen molar-refractivity contribution in [1.29, 1.82) is 0 Å². The number of methoxy groups -OCH3 is 12. The predicted molar refractivity (Wildman–Crippen MR) is 539 cm³/mol. The van der Waals surface area contributed by atoms with Crippen molar-refractivity contribution in [1.82, 2.24) is 19.6 Å². The third-order valence-corrected chi connectivity index (χ3v) is 24.2. The SMILES string of the molecule is COc1cc(OC)c(C(O)CCc2ccc(O)cc2)c(OCCN2CCCCC2)c1OC.COc1cc(OC)c(C(O)CCc2ccc(O)cc2)c(OCCN2CCCCC2)c1OC.COc1cc(OC)c(C(O)CCc2ccc(O)cc2)c(OCCN2CCCCC2)c1OC.COc1cc(OC)c(C(O)CCc2ccc(O)cc2)c(OCCN2CCCCC2)c1OC.O=C(O)C(=O)O.O=C(O)C(=O)O.O=C(O)C(=O)O. The van der Waals surface area contributed by atoms with Gasteiger partial charge >= 0.3 is 35.8 Å². The van der Waals surface area contributed by atoms with Crippen LogP contribution in [0.2, 0.25) is 0 Å². The van der Waals surface area contributed by atoms with Crippen molar-refractivity contribution in [3.05, 3.63) is 166 Å². The summed E-state index contributed by atoms with van der Waals surface area (Å²) < 4.78 is 91.7. The minimum atomic E-state index is -1.82. The number of ether oxygens (including phenoxy) is 16. The Morgan fingerprint density at radius 1 is 0.233 bits per heavy atom. The first-order valence-corrected chi connectivity index (χ1v) is 48.2. The summed E-state index contributed by atoms with van der Waals surface area (Å²) in [6.45, 7) is 13.8.